The number of aromatic nitrogens is 4. The first-order valence-electron chi connectivity index (χ1n) is 13.0. The number of hydrogen-bond acceptors (Lipinski definition) is 10. The van der Waals surface area contributed by atoms with Gasteiger partial charge in [-0.15, -0.1) is 10.2 Å². The van der Waals surface area contributed by atoms with Gasteiger partial charge >= 0.3 is 11.8 Å². The van der Waals surface area contributed by atoms with Gasteiger partial charge in [0.2, 0.25) is 5.82 Å². The number of rotatable bonds is 10. The Morgan fingerprint density at radius 3 is 2.42 bits per heavy atom. The SMILES string of the molecule is CCCC1(Cc2oc(=O)oc2C)NC(C(C)O)=C(C(=O)O)N1Cc1ccc(-c2ccccc2-c2nn[nH]n2)cc1. The molecule has 4 aromatic rings. The number of tetrazole rings is 1. The van der Waals surface area contributed by atoms with Gasteiger partial charge in [0.1, 0.15) is 17.1 Å². The molecule has 40 heavy (non-hydrogen) atoms. The molecule has 1 aliphatic heterocycles. The first-order valence-corrected chi connectivity index (χ1v) is 13.0. The van der Waals surface area contributed by atoms with Crippen LogP contribution in [0.3, 0.4) is 0 Å². The van der Waals surface area contributed by atoms with E-state index in [1.165, 1.54) is 6.92 Å². The first kappa shape index (κ1) is 26.9. The van der Waals surface area contributed by atoms with Gasteiger partial charge in [-0.3, -0.25) is 0 Å². The van der Waals surface area contributed by atoms with Crippen molar-refractivity contribution in [3.63, 3.8) is 0 Å². The monoisotopic (exact) mass is 546 g/mol. The second kappa shape index (κ2) is 10.8. The quantitative estimate of drug-likeness (QED) is 0.230. The number of hydrogen-bond donors (Lipinski definition) is 4. The van der Waals surface area contributed by atoms with Crippen molar-refractivity contribution in [1.82, 2.24) is 30.8 Å². The number of carboxylic acids is 1. The van der Waals surface area contributed by atoms with E-state index in [9.17, 15) is 19.8 Å². The second-order valence-corrected chi connectivity index (χ2v) is 9.82. The number of nitrogens with zero attached hydrogens (tertiary/aromatic N) is 4. The Hall–Kier alpha value is -4.71. The van der Waals surface area contributed by atoms with Crippen LogP contribution in [-0.2, 0) is 17.8 Å². The molecule has 0 bridgehead atoms. The fourth-order valence-electron chi connectivity index (χ4n) is 5.32. The highest BCUT2D eigenvalue weighted by atomic mass is 16.6. The molecule has 1 aliphatic rings. The lowest BCUT2D eigenvalue weighted by molar-refractivity contribution is -0.135. The van der Waals surface area contributed by atoms with Crippen LogP contribution in [0.25, 0.3) is 22.5 Å². The molecule has 2 aromatic carbocycles. The van der Waals surface area contributed by atoms with Crippen LogP contribution in [0.1, 0.15) is 43.8 Å². The van der Waals surface area contributed by atoms with E-state index in [-0.39, 0.29) is 24.4 Å². The minimum Gasteiger partial charge on any atom is -0.477 e. The average Bonchev–Trinajstić information content (AvgIpc) is 3.64. The van der Waals surface area contributed by atoms with Gasteiger partial charge < -0.3 is 29.3 Å². The molecule has 12 nitrogen and oxygen atoms in total. The zero-order chi connectivity index (χ0) is 28.4. The van der Waals surface area contributed by atoms with E-state index < -0.39 is 23.6 Å². The van der Waals surface area contributed by atoms with Gasteiger partial charge in [-0.2, -0.15) is 5.21 Å². The molecule has 5 rings (SSSR count). The normalized spacial score (nSPS) is 17.8. The summed E-state index contributed by atoms with van der Waals surface area (Å²) < 4.78 is 10.4. The van der Waals surface area contributed by atoms with E-state index in [0.717, 1.165) is 22.3 Å². The first-order chi connectivity index (χ1) is 19.2. The van der Waals surface area contributed by atoms with Crippen molar-refractivity contribution in [2.45, 2.75) is 58.3 Å². The maximum absolute atomic E-state index is 12.6. The van der Waals surface area contributed by atoms with Crippen molar-refractivity contribution in [1.29, 1.82) is 0 Å². The number of aliphatic hydroxyl groups excluding tert-OH is 1. The lowest BCUT2D eigenvalue weighted by Crippen LogP contribution is -2.55. The molecule has 2 unspecified atom stereocenters. The minimum absolute atomic E-state index is 0.0292. The summed E-state index contributed by atoms with van der Waals surface area (Å²) in [4.78, 5) is 26.1. The number of benzene rings is 2. The van der Waals surface area contributed by atoms with Crippen LogP contribution >= 0.6 is 0 Å². The van der Waals surface area contributed by atoms with Crippen molar-refractivity contribution in [3.8, 4) is 22.5 Å². The fourth-order valence-corrected chi connectivity index (χ4v) is 5.32. The summed E-state index contributed by atoms with van der Waals surface area (Å²) in [5.41, 5.74) is 2.71. The Kier molecular flexibility index (Phi) is 7.26. The predicted molar refractivity (Wildman–Crippen MR) is 143 cm³/mol. The third-order valence-electron chi connectivity index (χ3n) is 7.10. The molecular formula is C28H30N6O6. The molecule has 208 valence electrons. The summed E-state index contributed by atoms with van der Waals surface area (Å²) in [6.45, 7) is 5.35. The number of aryl methyl sites for hydroxylation is 1. The molecule has 0 aliphatic carbocycles. The van der Waals surface area contributed by atoms with Crippen LogP contribution in [0.5, 0.6) is 0 Å². The number of carbonyl (C=O) groups is 1. The summed E-state index contributed by atoms with van der Waals surface area (Å²) in [6, 6.07) is 15.5. The van der Waals surface area contributed by atoms with Crippen LogP contribution in [0.4, 0.5) is 0 Å². The van der Waals surface area contributed by atoms with Crippen molar-refractivity contribution in [2.75, 3.05) is 0 Å². The zero-order valence-corrected chi connectivity index (χ0v) is 22.3. The van der Waals surface area contributed by atoms with E-state index in [1.54, 1.807) is 11.8 Å². The zero-order valence-electron chi connectivity index (χ0n) is 22.3. The van der Waals surface area contributed by atoms with Crippen LogP contribution in [0, 0.1) is 6.92 Å². The fraction of sp³-hybridized carbons (Fsp3) is 0.321. The van der Waals surface area contributed by atoms with Gasteiger partial charge in [0, 0.05) is 12.1 Å². The number of aliphatic carboxylic acids is 1. The minimum atomic E-state index is -1.17. The molecule has 2 aromatic heterocycles. The van der Waals surface area contributed by atoms with Gasteiger partial charge in [-0.1, -0.05) is 61.9 Å². The number of aliphatic hydroxyl groups is 1. The van der Waals surface area contributed by atoms with E-state index in [2.05, 4.69) is 25.9 Å². The van der Waals surface area contributed by atoms with Gasteiger partial charge in [-0.25, -0.2) is 9.59 Å². The summed E-state index contributed by atoms with van der Waals surface area (Å²) in [5.74, 6) is -0.856. The molecule has 0 fully saturated rings. The molecule has 0 amide bonds. The molecule has 0 radical (unpaired) electrons. The maximum atomic E-state index is 12.6. The van der Waals surface area contributed by atoms with Crippen LogP contribution in [0.15, 0.2) is 73.6 Å². The highest BCUT2D eigenvalue weighted by Gasteiger charge is 2.48. The van der Waals surface area contributed by atoms with Crippen LogP contribution in [-0.4, -0.2) is 53.5 Å². The molecule has 4 N–H and O–H groups in total. The lowest BCUT2D eigenvalue weighted by Gasteiger charge is -2.41. The van der Waals surface area contributed by atoms with Crippen molar-refractivity contribution in [3.05, 3.63) is 87.6 Å². The van der Waals surface area contributed by atoms with Crippen molar-refractivity contribution < 1.29 is 23.8 Å². The Morgan fingerprint density at radius 1 is 1.12 bits per heavy atom. The van der Waals surface area contributed by atoms with E-state index in [0.29, 0.717) is 30.2 Å². The van der Waals surface area contributed by atoms with Gasteiger partial charge in [0.25, 0.3) is 0 Å². The largest absolute Gasteiger partial charge is 0.519 e. The third-order valence-corrected chi connectivity index (χ3v) is 7.10. The summed E-state index contributed by atoms with van der Waals surface area (Å²) in [7, 11) is 0. The van der Waals surface area contributed by atoms with Crippen LogP contribution < -0.4 is 11.1 Å². The smallest absolute Gasteiger partial charge is 0.477 e. The highest BCUT2D eigenvalue weighted by molar-refractivity contribution is 5.88. The Bertz CT molecular complexity index is 1590. The standard InChI is InChI=1S/C28H30N6O6/c1-4-13-28(14-22-17(3)39-27(38)40-22)29-23(16(2)35)24(26(36)37)34(28)15-18-9-11-19(12-10-18)20-7-5-6-8-21(20)25-30-32-33-31-25/h5-12,16,29,35H,4,13-15H2,1-3H3,(H,36,37)(H,30,31,32,33). The molecule has 0 saturated carbocycles. The molecule has 2 atom stereocenters. The van der Waals surface area contributed by atoms with Crippen molar-refractivity contribution >= 4 is 5.97 Å². The van der Waals surface area contributed by atoms with Gasteiger partial charge in [0.15, 0.2) is 5.76 Å². The van der Waals surface area contributed by atoms with E-state index in [4.69, 9.17) is 8.83 Å². The summed E-state index contributed by atoms with van der Waals surface area (Å²) in [5, 5.41) is 38.4. The number of nitrogens with one attached hydrogen (secondary N) is 2. The molecular weight excluding hydrogens is 516 g/mol. The average molecular weight is 547 g/mol. The predicted octanol–water partition coefficient (Wildman–Crippen LogP) is 3.21. The molecule has 3 heterocycles. The van der Waals surface area contributed by atoms with Crippen LogP contribution in [0.2, 0.25) is 0 Å². The number of aromatic amines is 1. The third kappa shape index (κ3) is 5.00. The van der Waals surface area contributed by atoms with Gasteiger partial charge in [0.05, 0.1) is 18.2 Å². The maximum Gasteiger partial charge on any atom is 0.519 e. The van der Waals surface area contributed by atoms with Gasteiger partial charge in [-0.05, 0) is 42.2 Å². The van der Waals surface area contributed by atoms with E-state index in [1.807, 2.05) is 55.5 Å². The summed E-state index contributed by atoms with van der Waals surface area (Å²) >= 11 is 0. The highest BCUT2D eigenvalue weighted by Crippen LogP contribution is 2.38. The lowest BCUT2D eigenvalue weighted by atomic mass is 9.95. The molecule has 0 saturated heterocycles. The van der Waals surface area contributed by atoms with E-state index >= 15 is 0 Å². The second-order valence-electron chi connectivity index (χ2n) is 9.82. The Labute approximate surface area is 229 Å². The Balaban J connectivity index is 1.53. The van der Waals surface area contributed by atoms with Crippen molar-refractivity contribution in [2.24, 2.45) is 0 Å². The number of H-pyrrole nitrogens is 1. The Morgan fingerprint density at radius 2 is 1.85 bits per heavy atom. The molecule has 0 spiro atoms. The number of carboxylic acid groups (broad SMARTS) is 1. The summed E-state index contributed by atoms with van der Waals surface area (Å²) in [6.07, 6.45) is 0.288. The molecule has 12 heteroatoms. The topological polar surface area (TPSA) is 171 Å².